The average molecular weight is 429 g/mol. The third kappa shape index (κ3) is 5.25. The van der Waals surface area contributed by atoms with Gasteiger partial charge in [0.2, 0.25) is 0 Å². The predicted molar refractivity (Wildman–Crippen MR) is 117 cm³/mol. The Bertz CT molecular complexity index is 1000. The molecule has 7 heteroatoms. The van der Waals surface area contributed by atoms with Gasteiger partial charge in [0.25, 0.3) is 0 Å². The van der Waals surface area contributed by atoms with E-state index in [9.17, 15) is 8.78 Å². The molecule has 1 saturated carbocycles. The topological polar surface area (TPSA) is 49.8 Å². The first-order chi connectivity index (χ1) is 14.6. The van der Waals surface area contributed by atoms with E-state index in [1.54, 1.807) is 12.4 Å². The number of aromatic nitrogens is 2. The van der Waals surface area contributed by atoms with Crippen LogP contribution in [-0.4, -0.2) is 16.0 Å². The third-order valence-electron chi connectivity index (χ3n) is 5.28. The van der Waals surface area contributed by atoms with Gasteiger partial charge < -0.3 is 10.6 Å². The van der Waals surface area contributed by atoms with Gasteiger partial charge in [0.15, 0.2) is 0 Å². The molecule has 4 nitrogen and oxygen atoms in total. The summed E-state index contributed by atoms with van der Waals surface area (Å²) < 4.78 is 26.8. The maximum absolute atomic E-state index is 13.4. The standard InChI is InChI=1S/C23H23ClF2N4/c24-21-14-29-23(30-19-4-2-1-3-5-19)12-20(21)16-6-7-27-22(10-16)28-13-15-8-17(25)11-18(26)9-15/h6-12,14,19H,1-5,13H2,(H,27,28)(H,29,30). The van der Waals surface area contributed by atoms with Crippen LogP contribution in [0.2, 0.25) is 5.02 Å². The minimum Gasteiger partial charge on any atom is -0.367 e. The highest BCUT2D eigenvalue weighted by atomic mass is 35.5. The van der Waals surface area contributed by atoms with Crippen LogP contribution in [-0.2, 0) is 6.54 Å². The van der Waals surface area contributed by atoms with Gasteiger partial charge in [-0.05, 0) is 54.3 Å². The van der Waals surface area contributed by atoms with Gasteiger partial charge in [0, 0.05) is 36.6 Å². The molecule has 1 aliphatic carbocycles. The fraction of sp³-hybridized carbons (Fsp3) is 0.304. The van der Waals surface area contributed by atoms with Gasteiger partial charge in [-0.3, -0.25) is 0 Å². The number of benzene rings is 1. The highest BCUT2D eigenvalue weighted by Crippen LogP contribution is 2.31. The zero-order valence-corrected chi connectivity index (χ0v) is 17.2. The minimum absolute atomic E-state index is 0.254. The summed E-state index contributed by atoms with van der Waals surface area (Å²) in [5.41, 5.74) is 2.24. The Kier molecular flexibility index (Phi) is 6.43. The zero-order chi connectivity index (χ0) is 20.9. The molecule has 2 heterocycles. The summed E-state index contributed by atoms with van der Waals surface area (Å²) in [6, 6.07) is 9.58. The van der Waals surface area contributed by atoms with Gasteiger partial charge in [-0.1, -0.05) is 30.9 Å². The molecule has 0 atom stereocenters. The fourth-order valence-electron chi connectivity index (χ4n) is 3.80. The first-order valence-electron chi connectivity index (χ1n) is 10.1. The highest BCUT2D eigenvalue weighted by Gasteiger charge is 2.15. The van der Waals surface area contributed by atoms with E-state index in [2.05, 4.69) is 20.6 Å². The van der Waals surface area contributed by atoms with Crippen molar-refractivity contribution >= 4 is 23.2 Å². The fourth-order valence-corrected chi connectivity index (χ4v) is 4.01. The molecule has 4 rings (SSSR count). The quantitative estimate of drug-likeness (QED) is 0.474. The van der Waals surface area contributed by atoms with E-state index >= 15 is 0 Å². The molecule has 1 aromatic carbocycles. The van der Waals surface area contributed by atoms with Crippen molar-refractivity contribution in [1.29, 1.82) is 0 Å². The third-order valence-corrected chi connectivity index (χ3v) is 5.58. The SMILES string of the molecule is Fc1cc(F)cc(CNc2cc(-c3cc(NC4CCCCC4)ncc3Cl)ccn2)c1. The molecule has 2 aromatic heterocycles. The predicted octanol–water partition coefficient (Wildman–Crippen LogP) is 6.43. The van der Waals surface area contributed by atoms with Gasteiger partial charge in [-0.15, -0.1) is 0 Å². The Morgan fingerprint density at radius 3 is 2.47 bits per heavy atom. The normalized spacial score (nSPS) is 14.5. The second-order valence-electron chi connectivity index (χ2n) is 7.59. The van der Waals surface area contributed by atoms with Crippen molar-refractivity contribution in [2.45, 2.75) is 44.7 Å². The van der Waals surface area contributed by atoms with Crippen molar-refractivity contribution in [3.63, 3.8) is 0 Å². The van der Waals surface area contributed by atoms with E-state index in [0.717, 1.165) is 35.9 Å². The van der Waals surface area contributed by atoms with Crippen molar-refractivity contribution in [2.75, 3.05) is 10.6 Å². The lowest BCUT2D eigenvalue weighted by molar-refractivity contribution is 0.462. The van der Waals surface area contributed by atoms with Gasteiger partial charge in [0.05, 0.1) is 5.02 Å². The molecule has 3 aromatic rings. The highest BCUT2D eigenvalue weighted by molar-refractivity contribution is 6.33. The van der Waals surface area contributed by atoms with Crippen LogP contribution in [0.25, 0.3) is 11.1 Å². The van der Waals surface area contributed by atoms with Crippen LogP contribution >= 0.6 is 11.6 Å². The number of anilines is 2. The number of pyridine rings is 2. The first kappa shape index (κ1) is 20.5. The molecule has 1 aliphatic rings. The van der Waals surface area contributed by atoms with Gasteiger partial charge >= 0.3 is 0 Å². The van der Waals surface area contributed by atoms with Crippen LogP contribution in [0.5, 0.6) is 0 Å². The van der Waals surface area contributed by atoms with E-state index in [4.69, 9.17) is 11.6 Å². The van der Waals surface area contributed by atoms with Crippen molar-refractivity contribution in [3.8, 4) is 11.1 Å². The number of halogens is 3. The minimum atomic E-state index is -0.602. The van der Waals surface area contributed by atoms with Crippen LogP contribution in [0, 0.1) is 11.6 Å². The lowest BCUT2D eigenvalue weighted by atomic mass is 9.95. The molecule has 30 heavy (non-hydrogen) atoms. The monoisotopic (exact) mass is 428 g/mol. The molecule has 2 N–H and O–H groups in total. The summed E-state index contributed by atoms with van der Waals surface area (Å²) in [6.45, 7) is 0.254. The van der Waals surface area contributed by atoms with Crippen LogP contribution < -0.4 is 10.6 Å². The van der Waals surface area contributed by atoms with E-state index in [1.807, 2.05) is 18.2 Å². The summed E-state index contributed by atoms with van der Waals surface area (Å²) in [5, 5.41) is 7.17. The van der Waals surface area contributed by atoms with Crippen LogP contribution in [0.4, 0.5) is 20.4 Å². The number of nitrogens with zero attached hydrogens (tertiary/aromatic N) is 2. The Balaban J connectivity index is 1.50. The lowest BCUT2D eigenvalue weighted by Crippen LogP contribution is -2.22. The van der Waals surface area contributed by atoms with E-state index in [-0.39, 0.29) is 6.54 Å². The molecular formula is C23H23ClF2N4. The molecule has 0 aliphatic heterocycles. The van der Waals surface area contributed by atoms with Gasteiger partial charge in [-0.25, -0.2) is 18.7 Å². The molecule has 156 valence electrons. The second-order valence-corrected chi connectivity index (χ2v) is 8.00. The van der Waals surface area contributed by atoms with Gasteiger partial charge in [0.1, 0.15) is 23.3 Å². The smallest absolute Gasteiger partial charge is 0.126 e. The Morgan fingerprint density at radius 2 is 1.70 bits per heavy atom. The first-order valence-corrected chi connectivity index (χ1v) is 10.5. The van der Waals surface area contributed by atoms with Crippen molar-refractivity contribution in [3.05, 3.63) is 71.0 Å². The molecule has 0 unspecified atom stereocenters. The maximum Gasteiger partial charge on any atom is 0.126 e. The Morgan fingerprint density at radius 1 is 0.933 bits per heavy atom. The van der Waals surface area contributed by atoms with Crippen LogP contribution in [0.1, 0.15) is 37.7 Å². The molecule has 0 amide bonds. The summed E-state index contributed by atoms with van der Waals surface area (Å²) >= 11 is 6.42. The van der Waals surface area contributed by atoms with Gasteiger partial charge in [-0.2, -0.15) is 0 Å². The van der Waals surface area contributed by atoms with Crippen LogP contribution in [0.3, 0.4) is 0 Å². The Labute approximate surface area is 179 Å². The second kappa shape index (κ2) is 9.39. The number of hydrogen-bond donors (Lipinski definition) is 2. The number of rotatable bonds is 6. The molecule has 0 radical (unpaired) electrons. The van der Waals surface area contributed by atoms with Crippen molar-refractivity contribution < 1.29 is 8.78 Å². The molecular weight excluding hydrogens is 406 g/mol. The summed E-state index contributed by atoms with van der Waals surface area (Å²) in [6.07, 6.45) is 9.43. The molecule has 0 saturated heterocycles. The average Bonchev–Trinajstić information content (AvgIpc) is 2.74. The summed E-state index contributed by atoms with van der Waals surface area (Å²) in [5.74, 6) is 0.194. The van der Waals surface area contributed by atoms with E-state index < -0.39 is 11.6 Å². The van der Waals surface area contributed by atoms with Crippen molar-refractivity contribution in [1.82, 2.24) is 9.97 Å². The molecule has 0 spiro atoms. The van der Waals surface area contributed by atoms with Crippen LogP contribution in [0.15, 0.2) is 48.8 Å². The maximum atomic E-state index is 13.4. The number of hydrogen-bond acceptors (Lipinski definition) is 4. The zero-order valence-electron chi connectivity index (χ0n) is 16.5. The van der Waals surface area contributed by atoms with E-state index in [1.165, 1.54) is 31.4 Å². The summed E-state index contributed by atoms with van der Waals surface area (Å²) in [7, 11) is 0. The largest absolute Gasteiger partial charge is 0.367 e. The summed E-state index contributed by atoms with van der Waals surface area (Å²) in [4.78, 5) is 8.73. The lowest BCUT2D eigenvalue weighted by Gasteiger charge is -2.23. The number of nitrogens with one attached hydrogen (secondary N) is 2. The molecule has 0 bridgehead atoms. The molecule has 1 fully saturated rings. The Hall–Kier alpha value is -2.73. The van der Waals surface area contributed by atoms with E-state index in [0.29, 0.717) is 22.4 Å². The van der Waals surface area contributed by atoms with Crippen molar-refractivity contribution in [2.24, 2.45) is 0 Å².